The Labute approximate surface area is 107 Å². The normalized spacial score (nSPS) is 10.7. The molecule has 0 fully saturated rings. The van der Waals surface area contributed by atoms with Gasteiger partial charge in [0.1, 0.15) is 5.82 Å². The van der Waals surface area contributed by atoms with Gasteiger partial charge in [-0.3, -0.25) is 0 Å². The fourth-order valence-electron chi connectivity index (χ4n) is 1.42. The van der Waals surface area contributed by atoms with Crippen molar-refractivity contribution in [3.8, 4) is 11.8 Å². The van der Waals surface area contributed by atoms with E-state index in [0.717, 1.165) is 12.1 Å². The Kier molecular flexibility index (Phi) is 3.57. The summed E-state index contributed by atoms with van der Waals surface area (Å²) in [5, 5.41) is 0. The Hall–Kier alpha value is -2.28. The highest BCUT2D eigenvalue weighted by atomic mass is 19.4. The van der Waals surface area contributed by atoms with Crippen LogP contribution in [-0.2, 0) is 6.18 Å². The first-order valence-electron chi connectivity index (χ1n) is 5.40. The molecule has 0 amide bonds. The molecule has 0 radical (unpaired) electrons. The number of rotatable bonds is 0. The Morgan fingerprint density at radius 3 is 1.53 bits per heavy atom. The summed E-state index contributed by atoms with van der Waals surface area (Å²) in [7, 11) is 0. The van der Waals surface area contributed by atoms with Crippen molar-refractivity contribution in [1.82, 2.24) is 0 Å². The quantitative estimate of drug-likeness (QED) is 0.493. The third-order valence-corrected chi connectivity index (χ3v) is 2.41. The van der Waals surface area contributed by atoms with E-state index in [9.17, 15) is 17.6 Å². The van der Waals surface area contributed by atoms with E-state index in [1.165, 1.54) is 36.4 Å². The van der Waals surface area contributed by atoms with Gasteiger partial charge in [0.05, 0.1) is 5.56 Å². The minimum absolute atomic E-state index is 0.361. The molecule has 4 heteroatoms. The molecule has 2 rings (SSSR count). The Morgan fingerprint density at radius 1 is 0.684 bits per heavy atom. The van der Waals surface area contributed by atoms with Gasteiger partial charge in [-0.25, -0.2) is 4.39 Å². The van der Waals surface area contributed by atoms with Gasteiger partial charge in [0.25, 0.3) is 0 Å². The number of alkyl halides is 3. The number of benzene rings is 2. The van der Waals surface area contributed by atoms with Crippen molar-refractivity contribution in [2.24, 2.45) is 0 Å². The van der Waals surface area contributed by atoms with Gasteiger partial charge in [0, 0.05) is 11.1 Å². The van der Waals surface area contributed by atoms with Crippen molar-refractivity contribution in [2.75, 3.05) is 0 Å². The first-order chi connectivity index (χ1) is 8.95. The topological polar surface area (TPSA) is 0 Å². The van der Waals surface area contributed by atoms with Gasteiger partial charge in [0.2, 0.25) is 0 Å². The Morgan fingerprint density at radius 2 is 1.11 bits per heavy atom. The summed E-state index contributed by atoms with van der Waals surface area (Å²) in [5.74, 6) is 5.11. The van der Waals surface area contributed by atoms with Crippen molar-refractivity contribution in [1.29, 1.82) is 0 Å². The fraction of sp³-hybridized carbons (Fsp3) is 0.0667. The number of halogens is 4. The first kappa shape index (κ1) is 13.2. The van der Waals surface area contributed by atoms with Crippen LogP contribution in [0.3, 0.4) is 0 Å². The minimum Gasteiger partial charge on any atom is -0.207 e. The standard InChI is InChI=1S/C15H8F4/c16-14-9-5-12(6-10-14)2-1-11-3-7-13(8-4-11)15(17,18)19/h3-10H. The molecule has 2 aromatic rings. The highest BCUT2D eigenvalue weighted by Gasteiger charge is 2.29. The van der Waals surface area contributed by atoms with Crippen LogP contribution in [0.25, 0.3) is 0 Å². The van der Waals surface area contributed by atoms with Crippen LogP contribution < -0.4 is 0 Å². The van der Waals surface area contributed by atoms with Crippen molar-refractivity contribution in [2.45, 2.75) is 6.18 Å². The molecule has 0 heterocycles. The predicted octanol–water partition coefficient (Wildman–Crippen LogP) is 4.24. The fourth-order valence-corrected chi connectivity index (χ4v) is 1.42. The second-order valence-corrected chi connectivity index (χ2v) is 3.83. The van der Waals surface area contributed by atoms with E-state index in [4.69, 9.17) is 0 Å². The molecule has 0 saturated carbocycles. The zero-order chi connectivity index (χ0) is 13.9. The molecule has 0 N–H and O–H groups in total. The zero-order valence-corrected chi connectivity index (χ0v) is 9.63. The summed E-state index contributed by atoms with van der Waals surface area (Å²) in [6.45, 7) is 0. The first-order valence-corrected chi connectivity index (χ1v) is 5.40. The highest BCUT2D eigenvalue weighted by molar-refractivity contribution is 5.43. The third-order valence-electron chi connectivity index (χ3n) is 2.41. The largest absolute Gasteiger partial charge is 0.416 e. The summed E-state index contributed by atoms with van der Waals surface area (Å²) in [6.07, 6.45) is -4.34. The van der Waals surface area contributed by atoms with E-state index in [0.29, 0.717) is 11.1 Å². The van der Waals surface area contributed by atoms with E-state index in [2.05, 4.69) is 11.8 Å². The summed E-state index contributed by atoms with van der Waals surface area (Å²) in [6, 6.07) is 10.1. The highest BCUT2D eigenvalue weighted by Crippen LogP contribution is 2.28. The molecule has 0 atom stereocenters. The molecular formula is C15H8F4. The van der Waals surface area contributed by atoms with Gasteiger partial charge >= 0.3 is 6.18 Å². The zero-order valence-electron chi connectivity index (χ0n) is 9.63. The lowest BCUT2D eigenvalue weighted by Crippen LogP contribution is -2.04. The van der Waals surface area contributed by atoms with Crippen molar-refractivity contribution < 1.29 is 17.6 Å². The predicted molar refractivity (Wildman–Crippen MR) is 63.8 cm³/mol. The smallest absolute Gasteiger partial charge is 0.207 e. The summed E-state index contributed by atoms with van der Waals surface area (Å²) in [5.41, 5.74) is 0.360. The van der Waals surface area contributed by atoms with Crippen LogP contribution in [0.1, 0.15) is 16.7 Å². The van der Waals surface area contributed by atoms with Crippen LogP contribution in [0.4, 0.5) is 17.6 Å². The van der Waals surface area contributed by atoms with Gasteiger partial charge < -0.3 is 0 Å². The number of hydrogen-bond donors (Lipinski definition) is 0. The SMILES string of the molecule is Fc1ccc(C#Cc2ccc(C(F)(F)F)cc2)cc1. The molecule has 0 aliphatic carbocycles. The monoisotopic (exact) mass is 264 g/mol. The lowest BCUT2D eigenvalue weighted by molar-refractivity contribution is -0.137. The molecular weight excluding hydrogens is 256 g/mol. The van der Waals surface area contributed by atoms with Gasteiger partial charge in [0.15, 0.2) is 0 Å². The molecule has 19 heavy (non-hydrogen) atoms. The third kappa shape index (κ3) is 3.59. The minimum atomic E-state index is -4.34. The van der Waals surface area contributed by atoms with Crippen molar-refractivity contribution in [3.05, 3.63) is 71.0 Å². The van der Waals surface area contributed by atoms with Crippen molar-refractivity contribution in [3.63, 3.8) is 0 Å². The van der Waals surface area contributed by atoms with E-state index in [-0.39, 0.29) is 5.82 Å². The molecule has 2 aromatic carbocycles. The molecule has 0 aliphatic heterocycles. The molecule has 0 aromatic heterocycles. The van der Waals surface area contributed by atoms with Gasteiger partial charge in [-0.05, 0) is 48.5 Å². The maximum absolute atomic E-state index is 12.7. The maximum atomic E-state index is 12.7. The summed E-state index contributed by atoms with van der Waals surface area (Å²) in [4.78, 5) is 0. The van der Waals surface area contributed by atoms with Gasteiger partial charge in [-0.2, -0.15) is 13.2 Å². The van der Waals surface area contributed by atoms with Crippen LogP contribution in [-0.4, -0.2) is 0 Å². The van der Waals surface area contributed by atoms with Crippen molar-refractivity contribution >= 4 is 0 Å². The molecule has 96 valence electrons. The molecule has 0 saturated heterocycles. The second kappa shape index (κ2) is 5.15. The molecule has 0 aliphatic rings. The van der Waals surface area contributed by atoms with Gasteiger partial charge in [-0.1, -0.05) is 11.8 Å². The average molecular weight is 264 g/mol. The van der Waals surface area contributed by atoms with Crippen LogP contribution in [0.15, 0.2) is 48.5 Å². The van der Waals surface area contributed by atoms with E-state index in [1.54, 1.807) is 0 Å². The molecule has 0 unspecified atom stereocenters. The molecule has 0 nitrogen and oxygen atoms in total. The Balaban J connectivity index is 2.19. The second-order valence-electron chi connectivity index (χ2n) is 3.83. The lowest BCUT2D eigenvalue weighted by Gasteiger charge is -2.05. The summed E-state index contributed by atoms with van der Waals surface area (Å²) >= 11 is 0. The van der Waals surface area contributed by atoms with Gasteiger partial charge in [-0.15, -0.1) is 0 Å². The average Bonchev–Trinajstić information content (AvgIpc) is 2.37. The Bertz CT molecular complexity index is 610. The maximum Gasteiger partial charge on any atom is 0.416 e. The van der Waals surface area contributed by atoms with Crippen LogP contribution in [0.2, 0.25) is 0 Å². The lowest BCUT2D eigenvalue weighted by atomic mass is 10.1. The van der Waals surface area contributed by atoms with E-state index in [1.807, 2.05) is 0 Å². The van der Waals surface area contributed by atoms with E-state index < -0.39 is 11.7 Å². The van der Waals surface area contributed by atoms with Crippen LogP contribution in [0.5, 0.6) is 0 Å². The summed E-state index contributed by atoms with van der Waals surface area (Å²) < 4.78 is 49.7. The number of hydrogen-bond acceptors (Lipinski definition) is 0. The molecule has 0 bridgehead atoms. The van der Waals surface area contributed by atoms with E-state index >= 15 is 0 Å². The van der Waals surface area contributed by atoms with Crippen LogP contribution >= 0.6 is 0 Å². The molecule has 0 spiro atoms. The van der Waals surface area contributed by atoms with Crippen LogP contribution in [0, 0.1) is 17.7 Å².